The molecule has 0 radical (unpaired) electrons. The van der Waals surface area contributed by atoms with E-state index in [1.54, 1.807) is 0 Å². The lowest BCUT2D eigenvalue weighted by Gasteiger charge is -2.12. The van der Waals surface area contributed by atoms with Gasteiger partial charge in [-0.1, -0.05) is 25.5 Å². The van der Waals surface area contributed by atoms with Crippen molar-refractivity contribution in [1.29, 1.82) is 0 Å². The molecule has 21 heavy (non-hydrogen) atoms. The fourth-order valence-corrected chi connectivity index (χ4v) is 2.86. The highest BCUT2D eigenvalue weighted by molar-refractivity contribution is 5.39. The molecule has 0 saturated heterocycles. The van der Waals surface area contributed by atoms with E-state index in [0.717, 1.165) is 37.0 Å². The van der Waals surface area contributed by atoms with Crippen LogP contribution in [-0.4, -0.2) is 4.98 Å². The molecular weight excluding hydrogens is 260 g/mol. The smallest absolute Gasteiger partial charge is 0.223 e. The molecule has 0 saturated carbocycles. The number of rotatable bonds is 5. The largest absolute Gasteiger partial charge is 0.439 e. The molecule has 2 aromatic rings. The summed E-state index contributed by atoms with van der Waals surface area (Å²) in [6.45, 7) is 2.65. The summed E-state index contributed by atoms with van der Waals surface area (Å²) in [4.78, 5) is 4.68. The van der Waals surface area contributed by atoms with E-state index in [1.807, 2.05) is 12.1 Å². The third-order valence-corrected chi connectivity index (χ3v) is 3.99. The number of nitrogens with two attached hydrogens (primary N) is 1. The maximum Gasteiger partial charge on any atom is 0.223 e. The van der Waals surface area contributed by atoms with E-state index in [2.05, 4.69) is 30.1 Å². The van der Waals surface area contributed by atoms with Crippen LogP contribution in [0.1, 0.15) is 42.1 Å². The minimum atomic E-state index is 0.462. The van der Waals surface area contributed by atoms with E-state index in [4.69, 9.17) is 10.5 Å². The first-order valence-electron chi connectivity index (χ1n) is 7.78. The second-order valence-corrected chi connectivity index (χ2v) is 5.61. The van der Waals surface area contributed by atoms with Crippen LogP contribution in [0.2, 0.25) is 0 Å². The van der Waals surface area contributed by atoms with Crippen molar-refractivity contribution in [3.8, 4) is 11.6 Å². The average Bonchev–Trinajstić information content (AvgIpc) is 2.96. The molecule has 0 atom stereocenters. The lowest BCUT2D eigenvalue weighted by Crippen LogP contribution is -2.04. The Morgan fingerprint density at radius 1 is 1.19 bits per heavy atom. The molecule has 3 heteroatoms. The fourth-order valence-electron chi connectivity index (χ4n) is 2.86. The molecule has 3 rings (SSSR count). The number of pyridine rings is 1. The minimum absolute atomic E-state index is 0.462. The normalized spacial score (nSPS) is 13.2. The fraction of sp³-hybridized carbons (Fsp3) is 0.389. The molecule has 2 N–H and O–H groups in total. The third-order valence-electron chi connectivity index (χ3n) is 3.99. The van der Waals surface area contributed by atoms with E-state index in [0.29, 0.717) is 12.4 Å². The highest BCUT2D eigenvalue weighted by atomic mass is 16.5. The number of fused-ring (bicyclic) bond motifs is 1. The van der Waals surface area contributed by atoms with Gasteiger partial charge >= 0.3 is 0 Å². The molecule has 1 heterocycles. The monoisotopic (exact) mass is 282 g/mol. The molecule has 110 valence electrons. The van der Waals surface area contributed by atoms with Gasteiger partial charge in [0.05, 0.1) is 0 Å². The van der Waals surface area contributed by atoms with Gasteiger partial charge in [-0.2, -0.15) is 0 Å². The van der Waals surface area contributed by atoms with Gasteiger partial charge in [-0.3, -0.25) is 0 Å². The first-order chi connectivity index (χ1) is 10.3. The molecule has 0 spiro atoms. The first kappa shape index (κ1) is 14.1. The Morgan fingerprint density at radius 2 is 2.00 bits per heavy atom. The Bertz CT molecular complexity index is 620. The maximum atomic E-state index is 5.97. The molecule has 1 aromatic heterocycles. The predicted molar refractivity (Wildman–Crippen MR) is 84.7 cm³/mol. The first-order valence-corrected chi connectivity index (χ1v) is 7.78. The van der Waals surface area contributed by atoms with Crippen molar-refractivity contribution >= 4 is 0 Å². The molecular formula is C18H22N2O. The lowest BCUT2D eigenvalue weighted by atomic mass is 10.1. The van der Waals surface area contributed by atoms with Gasteiger partial charge in [-0.25, -0.2) is 4.98 Å². The van der Waals surface area contributed by atoms with Crippen LogP contribution in [0.15, 0.2) is 30.3 Å². The van der Waals surface area contributed by atoms with Crippen LogP contribution in [0, 0.1) is 0 Å². The van der Waals surface area contributed by atoms with Gasteiger partial charge in [0.15, 0.2) is 0 Å². The summed E-state index contributed by atoms with van der Waals surface area (Å²) in [6.07, 6.45) is 5.60. The Kier molecular flexibility index (Phi) is 4.20. The molecule has 1 aliphatic carbocycles. The Labute approximate surface area is 126 Å². The van der Waals surface area contributed by atoms with E-state index in [-0.39, 0.29) is 0 Å². The topological polar surface area (TPSA) is 48.1 Å². The zero-order valence-corrected chi connectivity index (χ0v) is 12.6. The van der Waals surface area contributed by atoms with Crippen molar-refractivity contribution in [1.82, 2.24) is 4.98 Å². The number of hydrogen-bond donors (Lipinski definition) is 1. The van der Waals surface area contributed by atoms with Crippen molar-refractivity contribution in [3.63, 3.8) is 0 Å². The number of nitrogens with zero attached hydrogens (tertiary/aromatic N) is 1. The Morgan fingerprint density at radius 3 is 2.71 bits per heavy atom. The number of ether oxygens (including phenoxy) is 1. The molecule has 0 unspecified atom stereocenters. The van der Waals surface area contributed by atoms with Gasteiger partial charge in [0, 0.05) is 17.8 Å². The van der Waals surface area contributed by atoms with Crippen molar-refractivity contribution < 1.29 is 4.74 Å². The standard InChI is InChI=1S/C18H22N2O/c1-2-4-13-7-9-16(10-8-13)21-18-15(12-19)11-14-5-3-6-17(14)20-18/h7-11H,2-6,12,19H2,1H3. The summed E-state index contributed by atoms with van der Waals surface area (Å²) >= 11 is 0. The van der Waals surface area contributed by atoms with E-state index >= 15 is 0 Å². The minimum Gasteiger partial charge on any atom is -0.439 e. The van der Waals surface area contributed by atoms with Gasteiger partial charge in [0.1, 0.15) is 5.75 Å². The Balaban J connectivity index is 1.83. The van der Waals surface area contributed by atoms with Crippen molar-refractivity contribution in [3.05, 3.63) is 52.7 Å². The number of aryl methyl sites for hydroxylation is 3. The summed E-state index contributed by atoms with van der Waals surface area (Å²) in [7, 11) is 0. The summed E-state index contributed by atoms with van der Waals surface area (Å²) in [5.41, 5.74) is 10.7. The zero-order valence-electron chi connectivity index (χ0n) is 12.6. The van der Waals surface area contributed by atoms with E-state index in [1.165, 1.54) is 23.2 Å². The van der Waals surface area contributed by atoms with Gasteiger partial charge in [-0.15, -0.1) is 0 Å². The van der Waals surface area contributed by atoms with Gasteiger partial charge in [0.2, 0.25) is 5.88 Å². The molecule has 1 aromatic carbocycles. The third kappa shape index (κ3) is 3.08. The summed E-state index contributed by atoms with van der Waals surface area (Å²) in [5.74, 6) is 1.50. The van der Waals surface area contributed by atoms with Crippen LogP contribution in [0.3, 0.4) is 0 Å². The molecule has 0 aliphatic heterocycles. The maximum absolute atomic E-state index is 5.97. The molecule has 0 bridgehead atoms. The predicted octanol–water partition coefficient (Wildman–Crippen LogP) is 3.77. The second kappa shape index (κ2) is 6.27. The average molecular weight is 282 g/mol. The summed E-state index contributed by atoms with van der Waals surface area (Å²) in [5, 5.41) is 0. The van der Waals surface area contributed by atoms with E-state index < -0.39 is 0 Å². The van der Waals surface area contributed by atoms with Crippen LogP contribution >= 0.6 is 0 Å². The van der Waals surface area contributed by atoms with Crippen molar-refractivity contribution in [2.75, 3.05) is 0 Å². The van der Waals surface area contributed by atoms with Crippen molar-refractivity contribution in [2.24, 2.45) is 5.73 Å². The van der Waals surface area contributed by atoms with E-state index in [9.17, 15) is 0 Å². The molecule has 0 fully saturated rings. The van der Waals surface area contributed by atoms with Crippen LogP contribution in [-0.2, 0) is 25.8 Å². The van der Waals surface area contributed by atoms with Gasteiger partial charge < -0.3 is 10.5 Å². The lowest BCUT2D eigenvalue weighted by molar-refractivity contribution is 0.454. The highest BCUT2D eigenvalue weighted by Crippen LogP contribution is 2.29. The highest BCUT2D eigenvalue weighted by Gasteiger charge is 2.17. The summed E-state index contributed by atoms with van der Waals surface area (Å²) < 4.78 is 5.97. The number of aromatic nitrogens is 1. The molecule has 1 aliphatic rings. The van der Waals surface area contributed by atoms with Crippen LogP contribution < -0.4 is 10.5 Å². The second-order valence-electron chi connectivity index (χ2n) is 5.61. The van der Waals surface area contributed by atoms with Gasteiger partial charge in [-0.05, 0) is 55.0 Å². The molecule has 0 amide bonds. The number of hydrogen-bond acceptors (Lipinski definition) is 3. The van der Waals surface area contributed by atoms with Crippen molar-refractivity contribution in [2.45, 2.75) is 45.6 Å². The summed E-state index contributed by atoms with van der Waals surface area (Å²) in [6, 6.07) is 10.4. The van der Waals surface area contributed by atoms with Crippen LogP contribution in [0.25, 0.3) is 0 Å². The van der Waals surface area contributed by atoms with Crippen LogP contribution in [0.4, 0.5) is 0 Å². The number of benzene rings is 1. The Hall–Kier alpha value is -1.87. The zero-order chi connectivity index (χ0) is 14.7. The quantitative estimate of drug-likeness (QED) is 0.908. The van der Waals surface area contributed by atoms with Crippen LogP contribution in [0.5, 0.6) is 11.6 Å². The molecule has 3 nitrogen and oxygen atoms in total. The SMILES string of the molecule is CCCc1ccc(Oc2nc3c(cc2CN)CCC3)cc1. The van der Waals surface area contributed by atoms with Gasteiger partial charge in [0.25, 0.3) is 0 Å².